The molecule has 1 fully saturated rings. The molecule has 98 valence electrons. The first-order chi connectivity index (χ1) is 8.59. The van der Waals surface area contributed by atoms with Crippen LogP contribution >= 0.6 is 0 Å². The third-order valence-corrected chi connectivity index (χ3v) is 3.69. The Bertz CT molecular complexity index is 441. The summed E-state index contributed by atoms with van der Waals surface area (Å²) in [4.78, 5) is 13.2. The summed E-state index contributed by atoms with van der Waals surface area (Å²) in [6.07, 6.45) is 5.76. The number of carbonyl (C=O) groups is 1. The Kier molecular flexibility index (Phi) is 3.84. The molecular weight excluding hydrogens is 233 g/mol. The minimum Gasteiger partial charge on any atom is -0.478 e. The minimum absolute atomic E-state index is 0.0445. The SMILES string of the molecule is CN(c1ccc(F)cc1C(=O)O)C1CCCCC1. The Morgan fingerprint density at radius 2 is 2.00 bits per heavy atom. The van der Waals surface area contributed by atoms with E-state index in [1.54, 1.807) is 6.07 Å². The second-order valence-corrected chi connectivity index (χ2v) is 4.87. The van der Waals surface area contributed by atoms with E-state index in [9.17, 15) is 9.18 Å². The number of hydrogen-bond acceptors (Lipinski definition) is 2. The second-order valence-electron chi connectivity index (χ2n) is 4.87. The number of nitrogens with zero attached hydrogens (tertiary/aromatic N) is 1. The van der Waals surface area contributed by atoms with Crippen LogP contribution in [0.15, 0.2) is 18.2 Å². The summed E-state index contributed by atoms with van der Waals surface area (Å²) in [5, 5.41) is 9.14. The van der Waals surface area contributed by atoms with Crippen LogP contribution in [0.1, 0.15) is 42.5 Å². The number of benzene rings is 1. The maximum absolute atomic E-state index is 13.1. The highest BCUT2D eigenvalue weighted by Gasteiger charge is 2.22. The average molecular weight is 251 g/mol. The van der Waals surface area contributed by atoms with E-state index < -0.39 is 11.8 Å². The highest BCUT2D eigenvalue weighted by atomic mass is 19.1. The summed E-state index contributed by atoms with van der Waals surface area (Å²) in [7, 11) is 1.90. The highest BCUT2D eigenvalue weighted by molar-refractivity contribution is 5.94. The van der Waals surface area contributed by atoms with E-state index in [0.717, 1.165) is 18.9 Å². The first kappa shape index (κ1) is 12.9. The number of anilines is 1. The van der Waals surface area contributed by atoms with Crippen molar-refractivity contribution in [3.8, 4) is 0 Å². The number of aromatic carboxylic acids is 1. The van der Waals surface area contributed by atoms with Gasteiger partial charge in [-0.25, -0.2) is 9.18 Å². The quantitative estimate of drug-likeness (QED) is 0.896. The Hall–Kier alpha value is -1.58. The van der Waals surface area contributed by atoms with Crippen molar-refractivity contribution in [2.45, 2.75) is 38.1 Å². The zero-order valence-corrected chi connectivity index (χ0v) is 10.5. The first-order valence-electron chi connectivity index (χ1n) is 6.35. The van der Waals surface area contributed by atoms with Crippen molar-refractivity contribution in [2.24, 2.45) is 0 Å². The van der Waals surface area contributed by atoms with Gasteiger partial charge in [0, 0.05) is 13.1 Å². The third kappa shape index (κ3) is 2.63. The fourth-order valence-corrected chi connectivity index (χ4v) is 2.65. The molecule has 1 aliphatic carbocycles. The number of carboxylic acid groups (broad SMARTS) is 1. The molecule has 0 saturated heterocycles. The van der Waals surface area contributed by atoms with Gasteiger partial charge >= 0.3 is 5.97 Å². The number of hydrogen-bond donors (Lipinski definition) is 1. The molecule has 1 aliphatic rings. The van der Waals surface area contributed by atoms with Crippen LogP contribution in [0.5, 0.6) is 0 Å². The molecule has 4 heteroatoms. The molecule has 0 spiro atoms. The molecule has 0 amide bonds. The van der Waals surface area contributed by atoms with Gasteiger partial charge in [-0.15, -0.1) is 0 Å². The van der Waals surface area contributed by atoms with Gasteiger partial charge in [-0.2, -0.15) is 0 Å². The molecule has 18 heavy (non-hydrogen) atoms. The van der Waals surface area contributed by atoms with Crippen molar-refractivity contribution in [2.75, 3.05) is 11.9 Å². The van der Waals surface area contributed by atoms with Crippen molar-refractivity contribution >= 4 is 11.7 Å². The van der Waals surface area contributed by atoms with E-state index in [1.165, 1.54) is 25.3 Å². The zero-order valence-electron chi connectivity index (χ0n) is 10.5. The lowest BCUT2D eigenvalue weighted by Gasteiger charge is -2.33. The van der Waals surface area contributed by atoms with E-state index in [1.807, 2.05) is 11.9 Å². The molecule has 2 rings (SSSR count). The standard InChI is InChI=1S/C14H18FNO2/c1-16(11-5-3-2-4-6-11)13-8-7-10(15)9-12(13)14(17)18/h7-9,11H,2-6H2,1H3,(H,17,18). The van der Waals surface area contributed by atoms with Crippen LogP contribution in [0.2, 0.25) is 0 Å². The normalized spacial score (nSPS) is 16.6. The van der Waals surface area contributed by atoms with Crippen LogP contribution < -0.4 is 4.90 Å². The summed E-state index contributed by atoms with van der Waals surface area (Å²) < 4.78 is 13.1. The van der Waals surface area contributed by atoms with Crippen molar-refractivity contribution in [1.29, 1.82) is 0 Å². The van der Waals surface area contributed by atoms with E-state index in [0.29, 0.717) is 11.7 Å². The molecule has 0 aromatic heterocycles. The van der Waals surface area contributed by atoms with Crippen LogP contribution in [0.25, 0.3) is 0 Å². The van der Waals surface area contributed by atoms with Crippen LogP contribution in [-0.2, 0) is 0 Å². The maximum Gasteiger partial charge on any atom is 0.337 e. The van der Waals surface area contributed by atoms with Gasteiger partial charge in [-0.3, -0.25) is 0 Å². The lowest BCUT2D eigenvalue weighted by molar-refractivity contribution is 0.0697. The summed E-state index contributed by atoms with van der Waals surface area (Å²) in [6.45, 7) is 0. The molecule has 0 aliphatic heterocycles. The molecular formula is C14H18FNO2. The van der Waals surface area contributed by atoms with Crippen molar-refractivity contribution in [1.82, 2.24) is 0 Å². The van der Waals surface area contributed by atoms with Gasteiger partial charge in [0.25, 0.3) is 0 Å². The molecule has 0 bridgehead atoms. The third-order valence-electron chi connectivity index (χ3n) is 3.69. The summed E-state index contributed by atoms with van der Waals surface area (Å²) in [6, 6.07) is 4.34. The number of halogens is 1. The van der Waals surface area contributed by atoms with Crippen LogP contribution in [0.3, 0.4) is 0 Å². The number of carboxylic acids is 1. The van der Waals surface area contributed by atoms with Crippen LogP contribution in [0, 0.1) is 5.82 Å². The first-order valence-corrected chi connectivity index (χ1v) is 6.35. The Balaban J connectivity index is 2.28. The van der Waals surface area contributed by atoms with Crippen LogP contribution in [-0.4, -0.2) is 24.2 Å². The lowest BCUT2D eigenvalue weighted by atomic mass is 9.94. The molecule has 1 aromatic carbocycles. The molecule has 0 atom stereocenters. The van der Waals surface area contributed by atoms with Gasteiger partial charge in [-0.1, -0.05) is 19.3 Å². The molecule has 3 nitrogen and oxygen atoms in total. The fourth-order valence-electron chi connectivity index (χ4n) is 2.65. The second kappa shape index (κ2) is 5.38. The van der Waals surface area contributed by atoms with E-state index in [-0.39, 0.29) is 5.56 Å². The molecule has 0 unspecified atom stereocenters. The lowest BCUT2D eigenvalue weighted by Crippen LogP contribution is -2.34. The molecule has 1 N–H and O–H groups in total. The van der Waals surface area contributed by atoms with Crippen molar-refractivity contribution < 1.29 is 14.3 Å². The van der Waals surface area contributed by atoms with Gasteiger partial charge in [-0.05, 0) is 31.0 Å². The summed E-state index contributed by atoms with van der Waals surface area (Å²) >= 11 is 0. The molecule has 1 saturated carbocycles. The monoisotopic (exact) mass is 251 g/mol. The Morgan fingerprint density at radius 1 is 1.33 bits per heavy atom. The largest absolute Gasteiger partial charge is 0.478 e. The van der Waals surface area contributed by atoms with Crippen molar-refractivity contribution in [3.05, 3.63) is 29.6 Å². The van der Waals surface area contributed by atoms with Crippen LogP contribution in [0.4, 0.5) is 10.1 Å². The van der Waals surface area contributed by atoms with Gasteiger partial charge in [0.05, 0.1) is 11.3 Å². The topological polar surface area (TPSA) is 40.5 Å². The minimum atomic E-state index is -1.08. The predicted molar refractivity (Wildman–Crippen MR) is 68.6 cm³/mol. The van der Waals surface area contributed by atoms with E-state index >= 15 is 0 Å². The van der Waals surface area contributed by atoms with Gasteiger partial charge < -0.3 is 10.0 Å². The summed E-state index contributed by atoms with van der Waals surface area (Å²) in [5.41, 5.74) is 0.652. The van der Waals surface area contributed by atoms with Gasteiger partial charge in [0.2, 0.25) is 0 Å². The van der Waals surface area contributed by atoms with Gasteiger partial charge in [0.1, 0.15) is 5.82 Å². The van der Waals surface area contributed by atoms with E-state index in [2.05, 4.69) is 0 Å². The smallest absolute Gasteiger partial charge is 0.337 e. The maximum atomic E-state index is 13.1. The van der Waals surface area contributed by atoms with Gasteiger partial charge in [0.15, 0.2) is 0 Å². The average Bonchev–Trinajstić information content (AvgIpc) is 2.39. The Labute approximate surface area is 106 Å². The number of rotatable bonds is 3. The predicted octanol–water partition coefficient (Wildman–Crippen LogP) is 3.29. The Morgan fingerprint density at radius 3 is 2.61 bits per heavy atom. The van der Waals surface area contributed by atoms with E-state index in [4.69, 9.17) is 5.11 Å². The van der Waals surface area contributed by atoms with Crippen molar-refractivity contribution in [3.63, 3.8) is 0 Å². The molecule has 0 radical (unpaired) electrons. The fraction of sp³-hybridized carbons (Fsp3) is 0.500. The highest BCUT2D eigenvalue weighted by Crippen LogP contribution is 2.28. The molecule has 1 aromatic rings. The molecule has 0 heterocycles. The summed E-state index contributed by atoms with van der Waals surface area (Å²) in [5.74, 6) is -1.58. The zero-order chi connectivity index (χ0) is 13.1.